The Balaban J connectivity index is 2.12. The van der Waals surface area contributed by atoms with Gasteiger partial charge in [0.05, 0.1) is 0 Å². The molecule has 2 heteroatoms. The number of hydrogen-bond donors (Lipinski definition) is 0. The van der Waals surface area contributed by atoms with Crippen molar-refractivity contribution in [3.05, 3.63) is 58.9 Å². The maximum absolute atomic E-state index is 12.7. The smallest absolute Gasteiger partial charge is 0.146 e. The lowest BCUT2D eigenvalue weighted by molar-refractivity contribution is -0.105. The molecule has 84 valence electrons. The molecule has 0 atom stereocenters. The van der Waals surface area contributed by atoms with E-state index >= 15 is 0 Å². The highest BCUT2D eigenvalue weighted by molar-refractivity contribution is 5.74. The van der Waals surface area contributed by atoms with Crippen molar-refractivity contribution >= 4 is 6.29 Å². The van der Waals surface area contributed by atoms with Gasteiger partial charge in [0, 0.05) is 11.1 Å². The topological polar surface area (TPSA) is 17.1 Å². The zero-order valence-corrected chi connectivity index (χ0v) is 9.24. The molecule has 0 aliphatic heterocycles. The van der Waals surface area contributed by atoms with Gasteiger partial charge < -0.3 is 0 Å². The molecule has 2 rings (SSSR count). The van der Waals surface area contributed by atoms with E-state index in [2.05, 4.69) is 11.8 Å². The molecular weight excluding hydrogens is 215 g/mol. The molecule has 0 N–H and O–H groups in total. The first kappa shape index (κ1) is 11.3. The Morgan fingerprint density at radius 2 is 1.82 bits per heavy atom. The van der Waals surface area contributed by atoms with Crippen molar-refractivity contribution in [2.24, 2.45) is 0 Å². The minimum Gasteiger partial charge on any atom is -0.298 e. The normalized spacial score (nSPS) is 14.2. The highest BCUT2D eigenvalue weighted by Crippen LogP contribution is 2.16. The third kappa shape index (κ3) is 3.15. The van der Waals surface area contributed by atoms with E-state index < -0.39 is 0 Å². The molecule has 0 unspecified atom stereocenters. The molecule has 0 radical (unpaired) electrons. The van der Waals surface area contributed by atoms with Gasteiger partial charge in [-0.2, -0.15) is 0 Å². The first-order valence-corrected chi connectivity index (χ1v) is 5.40. The lowest BCUT2D eigenvalue weighted by Gasteiger charge is -2.04. The van der Waals surface area contributed by atoms with E-state index in [1.165, 1.54) is 12.1 Å². The number of allylic oxidation sites excluding steroid dienone is 4. The molecule has 1 nitrogen and oxygen atoms in total. The third-order valence-corrected chi connectivity index (χ3v) is 2.54. The maximum atomic E-state index is 12.7. The van der Waals surface area contributed by atoms with Crippen LogP contribution in [-0.2, 0) is 4.79 Å². The summed E-state index contributed by atoms with van der Waals surface area (Å²) >= 11 is 0. The Morgan fingerprint density at radius 3 is 2.41 bits per heavy atom. The first-order chi connectivity index (χ1) is 8.28. The molecule has 0 heterocycles. The summed E-state index contributed by atoms with van der Waals surface area (Å²) in [6, 6.07) is 6.09. The van der Waals surface area contributed by atoms with Gasteiger partial charge in [-0.3, -0.25) is 4.79 Å². The number of carbonyl (C=O) groups excluding carboxylic acids is 1. The zero-order chi connectivity index (χ0) is 12.1. The summed E-state index contributed by atoms with van der Waals surface area (Å²) in [4.78, 5) is 10.5. The van der Waals surface area contributed by atoms with Crippen molar-refractivity contribution in [3.63, 3.8) is 0 Å². The number of carbonyl (C=O) groups is 1. The largest absolute Gasteiger partial charge is 0.298 e. The molecule has 1 aliphatic rings. The van der Waals surface area contributed by atoms with Gasteiger partial charge in [0.1, 0.15) is 12.1 Å². The number of rotatable bonds is 1. The molecule has 0 bridgehead atoms. The fraction of sp³-hybridized carbons (Fsp3) is 0.133. The van der Waals surface area contributed by atoms with Crippen LogP contribution < -0.4 is 0 Å². The zero-order valence-electron chi connectivity index (χ0n) is 9.24. The summed E-state index contributed by atoms with van der Waals surface area (Å²) in [6.45, 7) is 0. The van der Waals surface area contributed by atoms with Crippen LogP contribution in [0.2, 0.25) is 0 Å². The SMILES string of the molecule is O=CC1=CC=C(C#Cc2ccc(F)cc2)CC1. The minimum atomic E-state index is -0.258. The molecule has 1 aromatic carbocycles. The Morgan fingerprint density at radius 1 is 1.06 bits per heavy atom. The van der Waals surface area contributed by atoms with E-state index in [0.29, 0.717) is 0 Å². The van der Waals surface area contributed by atoms with Crippen molar-refractivity contribution in [1.82, 2.24) is 0 Å². The summed E-state index contributed by atoms with van der Waals surface area (Å²) in [5.41, 5.74) is 2.59. The van der Waals surface area contributed by atoms with Crippen molar-refractivity contribution in [2.45, 2.75) is 12.8 Å². The van der Waals surface area contributed by atoms with E-state index in [1.807, 2.05) is 6.08 Å². The van der Waals surface area contributed by atoms with Gasteiger partial charge in [0.15, 0.2) is 0 Å². The molecular formula is C15H11FO. The predicted molar refractivity (Wildman–Crippen MR) is 64.7 cm³/mol. The van der Waals surface area contributed by atoms with Crippen LogP contribution in [0.4, 0.5) is 4.39 Å². The average molecular weight is 226 g/mol. The number of halogens is 1. The van der Waals surface area contributed by atoms with E-state index in [0.717, 1.165) is 35.8 Å². The molecule has 0 spiro atoms. The molecule has 17 heavy (non-hydrogen) atoms. The number of aldehydes is 1. The Hall–Kier alpha value is -2.14. The van der Waals surface area contributed by atoms with Crippen molar-refractivity contribution in [1.29, 1.82) is 0 Å². The van der Waals surface area contributed by atoms with E-state index in [4.69, 9.17) is 0 Å². The van der Waals surface area contributed by atoms with Crippen LogP contribution in [0.3, 0.4) is 0 Å². The van der Waals surface area contributed by atoms with Crippen LogP contribution in [0.25, 0.3) is 0 Å². The lowest BCUT2D eigenvalue weighted by Crippen LogP contribution is -1.92. The van der Waals surface area contributed by atoms with Gasteiger partial charge in [-0.05, 0) is 42.7 Å². The fourth-order valence-corrected chi connectivity index (χ4v) is 1.54. The van der Waals surface area contributed by atoms with E-state index in [-0.39, 0.29) is 5.82 Å². The van der Waals surface area contributed by atoms with Crippen LogP contribution in [-0.4, -0.2) is 6.29 Å². The van der Waals surface area contributed by atoms with Gasteiger partial charge >= 0.3 is 0 Å². The van der Waals surface area contributed by atoms with Crippen LogP contribution in [0, 0.1) is 17.7 Å². The molecule has 0 aromatic heterocycles. The summed E-state index contributed by atoms with van der Waals surface area (Å²) in [5, 5.41) is 0. The van der Waals surface area contributed by atoms with E-state index in [1.54, 1.807) is 18.2 Å². The average Bonchev–Trinajstić information content (AvgIpc) is 2.39. The minimum absolute atomic E-state index is 0.258. The molecule has 0 amide bonds. The maximum Gasteiger partial charge on any atom is 0.146 e. The monoisotopic (exact) mass is 226 g/mol. The van der Waals surface area contributed by atoms with Crippen LogP contribution in [0.1, 0.15) is 18.4 Å². The quantitative estimate of drug-likeness (QED) is 0.531. The summed E-state index contributed by atoms with van der Waals surface area (Å²) in [5.74, 6) is 5.74. The van der Waals surface area contributed by atoms with Gasteiger partial charge in [0.25, 0.3) is 0 Å². The first-order valence-electron chi connectivity index (χ1n) is 5.40. The van der Waals surface area contributed by atoms with Crippen molar-refractivity contribution in [3.8, 4) is 11.8 Å². The number of hydrogen-bond acceptors (Lipinski definition) is 1. The van der Waals surface area contributed by atoms with Gasteiger partial charge in [0.2, 0.25) is 0 Å². The lowest BCUT2D eigenvalue weighted by atomic mass is 9.99. The highest BCUT2D eigenvalue weighted by Gasteiger charge is 2.02. The van der Waals surface area contributed by atoms with E-state index in [9.17, 15) is 9.18 Å². The highest BCUT2D eigenvalue weighted by atomic mass is 19.1. The second-order valence-corrected chi connectivity index (χ2v) is 3.81. The second kappa shape index (κ2) is 5.27. The van der Waals surface area contributed by atoms with Gasteiger partial charge in [-0.1, -0.05) is 24.0 Å². The molecule has 1 aromatic rings. The van der Waals surface area contributed by atoms with Crippen molar-refractivity contribution < 1.29 is 9.18 Å². The third-order valence-electron chi connectivity index (χ3n) is 2.54. The molecule has 0 saturated heterocycles. The fourth-order valence-electron chi connectivity index (χ4n) is 1.54. The van der Waals surface area contributed by atoms with Crippen LogP contribution in [0.15, 0.2) is 47.6 Å². The molecule has 1 aliphatic carbocycles. The van der Waals surface area contributed by atoms with Crippen LogP contribution in [0.5, 0.6) is 0 Å². The molecule has 0 fully saturated rings. The summed E-state index contributed by atoms with van der Waals surface area (Å²) in [7, 11) is 0. The Bertz CT molecular complexity index is 539. The summed E-state index contributed by atoms with van der Waals surface area (Å²) < 4.78 is 12.7. The second-order valence-electron chi connectivity index (χ2n) is 3.81. The predicted octanol–water partition coefficient (Wildman–Crippen LogP) is 3.02. The van der Waals surface area contributed by atoms with Crippen LogP contribution >= 0.6 is 0 Å². The van der Waals surface area contributed by atoms with Crippen molar-refractivity contribution in [2.75, 3.05) is 0 Å². The summed E-state index contributed by atoms with van der Waals surface area (Å²) in [6.07, 6.45) is 6.07. The Kier molecular flexibility index (Phi) is 3.52. The van der Waals surface area contributed by atoms with Gasteiger partial charge in [-0.15, -0.1) is 0 Å². The Labute approximate surface area is 99.7 Å². The van der Waals surface area contributed by atoms with Gasteiger partial charge in [-0.25, -0.2) is 4.39 Å². The molecule has 0 saturated carbocycles. The number of benzene rings is 1. The standard InChI is InChI=1S/C15H11FO/c16-15-9-7-13(8-10-15)2-1-12-3-5-14(11-17)6-4-12/h3,5,7-11H,4,6H2.